The number of Topliss-reactive ketones (excluding diaryl/α,β-unsaturated/α-hetero) is 3. The second-order valence-corrected chi connectivity index (χ2v) is 18.9. The maximum Gasteiger partial charge on any atom is 0.410 e. The van der Waals surface area contributed by atoms with Gasteiger partial charge < -0.3 is 45.9 Å². The van der Waals surface area contributed by atoms with Crippen LogP contribution in [0.1, 0.15) is 54.2 Å². The second kappa shape index (κ2) is 24.9. The summed E-state index contributed by atoms with van der Waals surface area (Å²) in [6, 6.07) is 13.5. The third-order valence-electron chi connectivity index (χ3n) is 12.1. The number of nitrogen functional groups attached to an aromatic ring is 1. The van der Waals surface area contributed by atoms with E-state index in [-0.39, 0.29) is 96.1 Å². The Kier molecular flexibility index (Phi) is 18.6. The fraction of sp³-hybridized carbons (Fsp3) is 0.362. The van der Waals surface area contributed by atoms with E-state index in [1.54, 1.807) is 50.8 Å². The summed E-state index contributed by atoms with van der Waals surface area (Å²) in [5, 5.41) is 6.04. The van der Waals surface area contributed by atoms with E-state index in [0.717, 1.165) is 21.9 Å². The predicted octanol–water partition coefficient (Wildman–Crippen LogP) is 2.44. The lowest BCUT2D eigenvalue weighted by atomic mass is 9.83. The van der Waals surface area contributed by atoms with Gasteiger partial charge in [-0.05, 0) is 61.7 Å². The van der Waals surface area contributed by atoms with Crippen molar-refractivity contribution in [1.29, 1.82) is 0 Å². The number of nitrogens with two attached hydrogens (primary N) is 2. The molecule has 2 aromatic carbocycles. The Balaban J connectivity index is 0.00000142. The summed E-state index contributed by atoms with van der Waals surface area (Å²) in [7, 11) is 5.93. The first-order chi connectivity index (χ1) is 35.6. The lowest BCUT2D eigenvalue weighted by Gasteiger charge is -2.40. The molecule has 27 heteroatoms. The van der Waals surface area contributed by atoms with Crippen molar-refractivity contribution in [3.05, 3.63) is 105 Å². The van der Waals surface area contributed by atoms with Crippen LogP contribution in [0.5, 0.6) is 0 Å². The van der Waals surface area contributed by atoms with Gasteiger partial charge in [-0.3, -0.25) is 33.9 Å². The van der Waals surface area contributed by atoms with E-state index in [2.05, 4.69) is 30.6 Å². The number of piperazine rings is 1. The van der Waals surface area contributed by atoms with Crippen molar-refractivity contribution in [3.63, 3.8) is 0 Å². The van der Waals surface area contributed by atoms with Crippen LogP contribution in [-0.2, 0) is 65.7 Å². The number of anilines is 2. The molecule has 5 heterocycles. The van der Waals surface area contributed by atoms with Gasteiger partial charge in [0.1, 0.15) is 25.0 Å². The number of aromatic amines is 1. The quantitative estimate of drug-likeness (QED) is 0.0367. The topological polar surface area (TPSA) is 361 Å². The zero-order valence-corrected chi connectivity index (χ0v) is 41.5. The number of fused-ring (bicyclic) bond motifs is 5. The molecule has 3 amide bonds. The molecule has 25 nitrogen and oxygen atoms in total. The normalized spacial score (nSPS) is 18.8. The summed E-state index contributed by atoms with van der Waals surface area (Å²) < 4.78 is 22.3. The van der Waals surface area contributed by atoms with E-state index in [1.165, 1.54) is 32.2 Å². The number of aromatic nitrogens is 4. The molecule has 74 heavy (non-hydrogen) atoms. The highest BCUT2D eigenvalue weighted by Gasteiger charge is 2.78. The minimum Gasteiger partial charge on any atom is -0.492 e. The summed E-state index contributed by atoms with van der Waals surface area (Å²) >= 11 is 0. The summed E-state index contributed by atoms with van der Waals surface area (Å²) in [5.74, 6) is -1.36. The molecule has 2 fully saturated rings. The van der Waals surface area contributed by atoms with Gasteiger partial charge in [0.15, 0.2) is 22.6 Å². The highest BCUT2D eigenvalue weighted by atomic mass is 33.1. The van der Waals surface area contributed by atoms with Crippen molar-refractivity contribution < 1.29 is 66.9 Å². The third kappa shape index (κ3) is 12.2. The zero-order chi connectivity index (χ0) is 53.7. The average Bonchev–Trinajstić information content (AvgIpc) is 3.89. The number of methoxy groups -OCH3 is 2. The van der Waals surface area contributed by atoms with E-state index in [0.29, 0.717) is 43.5 Å². The van der Waals surface area contributed by atoms with Crippen LogP contribution in [0.3, 0.4) is 0 Å². The van der Waals surface area contributed by atoms with Gasteiger partial charge in [0.2, 0.25) is 17.5 Å². The fourth-order valence-corrected chi connectivity index (χ4v) is 11.0. The number of hydrogen-bond donors (Lipinski definition) is 5. The van der Waals surface area contributed by atoms with Crippen LogP contribution in [0, 0.1) is 5.92 Å². The van der Waals surface area contributed by atoms with Crippen LogP contribution in [0.25, 0.3) is 11.2 Å². The van der Waals surface area contributed by atoms with Crippen molar-refractivity contribution in [2.45, 2.75) is 68.5 Å². The number of nitrogens with one attached hydrogen (secondary N) is 3. The average molecular weight is 1060 g/mol. The van der Waals surface area contributed by atoms with Crippen molar-refractivity contribution in [2.75, 3.05) is 50.7 Å². The van der Waals surface area contributed by atoms with Crippen LogP contribution in [-0.4, -0.2) is 135 Å². The molecule has 0 spiro atoms. The van der Waals surface area contributed by atoms with Crippen LogP contribution in [0.2, 0.25) is 0 Å². The number of primary amides is 1. The first kappa shape index (κ1) is 55.1. The van der Waals surface area contributed by atoms with Gasteiger partial charge in [0.25, 0.3) is 11.5 Å². The lowest BCUT2D eigenvalue weighted by Crippen LogP contribution is -2.56. The minimum absolute atomic E-state index is 0.000135. The molecule has 0 unspecified atom stereocenters. The first-order valence-electron chi connectivity index (χ1n) is 22.4. The van der Waals surface area contributed by atoms with Gasteiger partial charge in [-0.15, -0.1) is 0 Å². The maximum absolute atomic E-state index is 13.6. The molecule has 0 radical (unpaired) electrons. The Hall–Kier alpha value is -8.22. The van der Waals surface area contributed by atoms with Crippen LogP contribution >= 0.6 is 21.6 Å². The number of carbonyl (C=O) groups excluding carboxylic acids is 10. The van der Waals surface area contributed by atoms with Crippen molar-refractivity contribution >= 4 is 92.1 Å². The van der Waals surface area contributed by atoms with Gasteiger partial charge in [0, 0.05) is 66.1 Å². The summed E-state index contributed by atoms with van der Waals surface area (Å²) in [5.41, 5.74) is 12.1. The number of ketones is 3. The second-order valence-electron chi connectivity index (χ2n) is 16.4. The van der Waals surface area contributed by atoms with E-state index < -0.39 is 47.0 Å². The Morgan fingerprint density at radius 3 is 2.28 bits per heavy atom. The molecule has 8 rings (SSSR count). The molecular weight excluding hydrogens is 1010 g/mol. The Labute approximate surface area is 427 Å². The van der Waals surface area contributed by atoms with E-state index in [1.807, 2.05) is 24.3 Å². The van der Waals surface area contributed by atoms with Crippen LogP contribution < -0.4 is 27.7 Å². The Morgan fingerprint density at radius 2 is 1.62 bits per heavy atom. The highest BCUT2D eigenvalue weighted by Crippen LogP contribution is 2.60. The van der Waals surface area contributed by atoms with Crippen molar-refractivity contribution in [3.8, 4) is 0 Å². The molecule has 7 N–H and O–H groups in total. The van der Waals surface area contributed by atoms with E-state index >= 15 is 0 Å². The third-order valence-corrected chi connectivity index (χ3v) is 14.6. The van der Waals surface area contributed by atoms with Gasteiger partial charge in [0.05, 0.1) is 43.2 Å². The standard InChI is InChI=1S/C45H48N10O11S2.2CO2/c1-23-35(57)34-32(36(58)37(23)63-2)30(22-65-43(47)61)45(64-3)38-31(20-54(34)45)55(38)44(62)66-21-24-8-14-29(15-9-24)68-67-17-5-7-28(56)6-4-16-48-40(59)25-10-12-26(13-11-25)49-18-27-19-50-39-33(51-27)41(60)53-42(46)52-39;2*2-1-3/h8-15,19,30-31,38,49H,4-7,16-18,20-22H2,1-3H3,(H2,47,61)(H,48,59)(H3,46,50,52,53,60);;/t30-,31+,38+,45-,55?;;/m1../s1. The SMILES string of the molecule is COC1=C(C)C(=O)C2=C(C1=O)[C@@H](COC(N)=O)[C@@]1(OC)[C@@H]3[C@H](CN21)N3C(=O)OCc1ccc(SSCCCC(=O)CCCNC(=O)c2ccc(NCc3cnc4nc(N)[nH]c(=O)c4n3)cc2)cc1.O=C=O.O=C=O. The van der Waals surface area contributed by atoms with Crippen LogP contribution in [0.15, 0.2) is 87.0 Å². The van der Waals surface area contributed by atoms with E-state index in [9.17, 15) is 33.6 Å². The number of nitrogens with zero attached hydrogens (tertiary/aromatic N) is 5. The molecule has 2 aromatic heterocycles. The molecule has 4 atom stereocenters. The molecule has 3 aliphatic heterocycles. The molecule has 0 bridgehead atoms. The number of H-pyrrole nitrogens is 1. The Morgan fingerprint density at radius 1 is 0.932 bits per heavy atom. The molecular formula is C47H48N10O15S2. The number of ether oxygens (including phenoxy) is 4. The summed E-state index contributed by atoms with van der Waals surface area (Å²) in [6.07, 6.45) is 2.40. The fourth-order valence-electron chi connectivity index (χ4n) is 8.93. The van der Waals surface area contributed by atoms with Gasteiger partial charge in [-0.2, -0.15) is 24.2 Å². The van der Waals surface area contributed by atoms with Crippen molar-refractivity contribution in [2.24, 2.45) is 11.7 Å². The van der Waals surface area contributed by atoms with E-state index in [4.69, 9.17) is 49.6 Å². The molecule has 4 aliphatic rings. The number of benzene rings is 2. The first-order valence-corrected chi connectivity index (χ1v) is 24.7. The van der Waals surface area contributed by atoms with Crippen molar-refractivity contribution in [1.82, 2.24) is 35.1 Å². The molecule has 2 saturated heterocycles. The lowest BCUT2D eigenvalue weighted by molar-refractivity contribution is -0.193. The number of rotatable bonds is 20. The predicted molar refractivity (Wildman–Crippen MR) is 259 cm³/mol. The Bertz CT molecular complexity index is 3000. The smallest absolute Gasteiger partial charge is 0.410 e. The molecule has 4 aromatic rings. The number of amides is 3. The number of hydrogen-bond acceptors (Lipinski definition) is 23. The maximum atomic E-state index is 13.6. The summed E-state index contributed by atoms with van der Waals surface area (Å²) in [4.78, 5) is 141. The van der Waals surface area contributed by atoms with Gasteiger partial charge in [-0.1, -0.05) is 33.7 Å². The zero-order valence-electron chi connectivity index (χ0n) is 39.8. The van der Waals surface area contributed by atoms with Gasteiger partial charge >= 0.3 is 24.5 Å². The monoisotopic (exact) mass is 1060 g/mol. The number of allylic oxidation sites excluding steroid dienone is 2. The molecule has 388 valence electrons. The number of carbonyl (C=O) groups is 6. The molecule has 0 saturated carbocycles. The minimum atomic E-state index is -1.39. The summed E-state index contributed by atoms with van der Waals surface area (Å²) in [6.45, 7) is 2.00. The highest BCUT2D eigenvalue weighted by molar-refractivity contribution is 8.76. The van der Waals surface area contributed by atoms with Crippen LogP contribution in [0.4, 0.5) is 21.2 Å². The van der Waals surface area contributed by atoms with Gasteiger partial charge in [-0.25, -0.2) is 19.6 Å². The largest absolute Gasteiger partial charge is 0.492 e. The molecule has 1 aliphatic carbocycles.